The Labute approximate surface area is 130 Å². The third kappa shape index (κ3) is 17.1. The van der Waals surface area contributed by atoms with E-state index in [1.54, 1.807) is 0 Å². The van der Waals surface area contributed by atoms with Gasteiger partial charge in [-0.15, -0.1) is 0 Å². The topological polar surface area (TPSA) is 17.1 Å². The highest BCUT2D eigenvalue weighted by Crippen LogP contribution is 2.08. The second kappa shape index (κ2) is 16.2. The zero-order valence-corrected chi connectivity index (χ0v) is 13.7. The molecule has 0 spiro atoms. The summed E-state index contributed by atoms with van der Waals surface area (Å²) in [7, 11) is 0. The molecule has 113 valence electrons. The number of allylic oxidation sites excluding steroid dienone is 6. The molecule has 1 nitrogen and oxygen atoms in total. The first kappa shape index (κ1) is 19.1. The molecule has 0 saturated heterocycles. The van der Waals surface area contributed by atoms with Gasteiger partial charge < -0.3 is 0 Å². The minimum Gasteiger partial charge on any atom is -0.282 e. The number of unbranched alkanes of at least 4 members (excludes halogenated alkanes) is 5. The second-order valence-electron chi connectivity index (χ2n) is 4.97. The van der Waals surface area contributed by atoms with Gasteiger partial charge in [-0.05, 0) is 51.2 Å². The van der Waals surface area contributed by atoms with E-state index in [2.05, 4.69) is 56.0 Å². The van der Waals surface area contributed by atoms with Crippen LogP contribution in [0.5, 0.6) is 0 Å². The quantitative estimate of drug-likeness (QED) is 0.287. The van der Waals surface area contributed by atoms with Crippen molar-refractivity contribution in [1.82, 2.24) is 0 Å². The van der Waals surface area contributed by atoms with Crippen molar-refractivity contribution in [2.45, 2.75) is 71.1 Å². The molecule has 0 bridgehead atoms. The fourth-order valence-electron chi connectivity index (χ4n) is 1.89. The van der Waals surface area contributed by atoms with Crippen LogP contribution >= 0.6 is 12.6 Å². The maximum absolute atomic E-state index is 10.6. The molecule has 2 heteroatoms. The van der Waals surface area contributed by atoms with E-state index >= 15 is 0 Å². The molecule has 0 aromatic carbocycles. The Bertz CT molecular complexity index is 303. The molecule has 0 N–H and O–H groups in total. The summed E-state index contributed by atoms with van der Waals surface area (Å²) in [5.41, 5.74) is 0. The molecular weight excluding hydrogens is 264 g/mol. The number of carbonyl (C=O) groups excluding carboxylic acids is 1. The molecule has 0 rings (SSSR count). The molecule has 0 atom stereocenters. The standard InChI is InChI=1S/C18H29OS/c1-2-3-4-5-6-7-8-9-10-11-12-13-14-15-16-17-18(19)20/h3-4,6-7,9-10H,2,5,8,11-17H2,1H3/b4-3-,7-6-,10-9-. The van der Waals surface area contributed by atoms with Crippen molar-refractivity contribution in [2.75, 3.05) is 0 Å². The first-order valence-corrected chi connectivity index (χ1v) is 8.33. The molecule has 20 heavy (non-hydrogen) atoms. The van der Waals surface area contributed by atoms with Crippen molar-refractivity contribution in [3.05, 3.63) is 36.5 Å². The van der Waals surface area contributed by atoms with Crippen LogP contribution in [0.25, 0.3) is 0 Å². The van der Waals surface area contributed by atoms with Crippen molar-refractivity contribution < 1.29 is 4.79 Å². The van der Waals surface area contributed by atoms with Crippen molar-refractivity contribution in [1.29, 1.82) is 0 Å². The zero-order chi connectivity index (χ0) is 14.9. The third-order valence-corrected chi connectivity index (χ3v) is 3.24. The first-order valence-electron chi connectivity index (χ1n) is 7.92. The lowest BCUT2D eigenvalue weighted by Gasteiger charge is -1.97. The van der Waals surface area contributed by atoms with E-state index in [1.165, 1.54) is 25.7 Å². The fraction of sp³-hybridized carbons (Fsp3) is 0.611. The van der Waals surface area contributed by atoms with Gasteiger partial charge in [0.1, 0.15) is 0 Å². The Balaban J connectivity index is 3.23. The minimum absolute atomic E-state index is 0.0915. The van der Waals surface area contributed by atoms with Crippen molar-refractivity contribution in [3.63, 3.8) is 0 Å². The van der Waals surface area contributed by atoms with Gasteiger partial charge in [0.25, 0.3) is 0 Å². The lowest BCUT2D eigenvalue weighted by atomic mass is 10.1. The van der Waals surface area contributed by atoms with Crippen LogP contribution in [0.4, 0.5) is 0 Å². The molecule has 0 saturated carbocycles. The minimum atomic E-state index is -0.0915. The van der Waals surface area contributed by atoms with Crippen LogP contribution in [0.15, 0.2) is 36.5 Å². The van der Waals surface area contributed by atoms with Crippen LogP contribution in [-0.4, -0.2) is 5.12 Å². The molecule has 0 amide bonds. The maximum atomic E-state index is 10.6. The molecule has 0 aromatic heterocycles. The van der Waals surface area contributed by atoms with Gasteiger partial charge in [-0.2, -0.15) is 0 Å². The summed E-state index contributed by atoms with van der Waals surface area (Å²) in [5, 5.41) is -0.0915. The van der Waals surface area contributed by atoms with Gasteiger partial charge in [0.15, 0.2) is 0 Å². The normalized spacial score (nSPS) is 12.1. The Hall–Kier alpha value is -0.890. The van der Waals surface area contributed by atoms with Crippen LogP contribution in [-0.2, 0) is 4.79 Å². The average Bonchev–Trinajstić information content (AvgIpc) is 2.43. The molecular formula is C18H29OS. The lowest BCUT2D eigenvalue weighted by Crippen LogP contribution is -1.86. The van der Waals surface area contributed by atoms with E-state index in [4.69, 9.17) is 0 Å². The lowest BCUT2D eigenvalue weighted by molar-refractivity contribution is -0.110. The molecule has 0 unspecified atom stereocenters. The molecule has 0 fully saturated rings. The highest BCUT2D eigenvalue weighted by molar-refractivity contribution is 7.96. The molecule has 1 radical (unpaired) electrons. The van der Waals surface area contributed by atoms with Gasteiger partial charge in [0.2, 0.25) is 5.12 Å². The van der Waals surface area contributed by atoms with E-state index in [1.807, 2.05) is 0 Å². The van der Waals surface area contributed by atoms with E-state index in [0.717, 1.165) is 32.1 Å². The van der Waals surface area contributed by atoms with E-state index in [-0.39, 0.29) is 5.12 Å². The van der Waals surface area contributed by atoms with Crippen molar-refractivity contribution >= 4 is 17.7 Å². The van der Waals surface area contributed by atoms with Gasteiger partial charge in [0, 0.05) is 6.42 Å². The monoisotopic (exact) mass is 293 g/mol. The Morgan fingerprint density at radius 1 is 0.800 bits per heavy atom. The largest absolute Gasteiger partial charge is 0.282 e. The Morgan fingerprint density at radius 2 is 1.35 bits per heavy atom. The second-order valence-corrected chi connectivity index (χ2v) is 5.43. The predicted molar refractivity (Wildman–Crippen MR) is 91.9 cm³/mol. The maximum Gasteiger partial charge on any atom is 0.218 e. The highest BCUT2D eigenvalue weighted by atomic mass is 32.1. The number of hydrogen-bond donors (Lipinski definition) is 0. The van der Waals surface area contributed by atoms with Gasteiger partial charge >= 0.3 is 0 Å². The summed E-state index contributed by atoms with van der Waals surface area (Å²) in [4.78, 5) is 10.6. The summed E-state index contributed by atoms with van der Waals surface area (Å²) in [6.07, 6.45) is 24.2. The molecule has 0 aliphatic carbocycles. The van der Waals surface area contributed by atoms with Crippen LogP contribution < -0.4 is 0 Å². The Kier molecular flexibility index (Phi) is 15.4. The summed E-state index contributed by atoms with van der Waals surface area (Å²) >= 11 is 4.52. The molecule has 0 aromatic rings. The van der Waals surface area contributed by atoms with Crippen LogP contribution in [0.1, 0.15) is 71.1 Å². The number of carbonyl (C=O) groups is 1. The third-order valence-electron chi connectivity index (χ3n) is 3.03. The van der Waals surface area contributed by atoms with Crippen molar-refractivity contribution in [3.8, 4) is 0 Å². The van der Waals surface area contributed by atoms with E-state index < -0.39 is 0 Å². The SMILES string of the molecule is CC/C=C\C/C=C\C/C=C\CCCCCCCC(=O)[S]. The summed E-state index contributed by atoms with van der Waals surface area (Å²) in [5.74, 6) is 0. The van der Waals surface area contributed by atoms with Crippen LogP contribution in [0, 0.1) is 0 Å². The zero-order valence-electron chi connectivity index (χ0n) is 12.9. The summed E-state index contributed by atoms with van der Waals surface area (Å²) < 4.78 is 0. The smallest absolute Gasteiger partial charge is 0.218 e. The van der Waals surface area contributed by atoms with Crippen molar-refractivity contribution in [2.24, 2.45) is 0 Å². The fourth-order valence-corrected chi connectivity index (χ4v) is 2.03. The van der Waals surface area contributed by atoms with Crippen LogP contribution in [0.2, 0.25) is 0 Å². The van der Waals surface area contributed by atoms with Gasteiger partial charge in [-0.25, -0.2) is 0 Å². The highest BCUT2D eigenvalue weighted by Gasteiger charge is 1.95. The van der Waals surface area contributed by atoms with Gasteiger partial charge in [-0.1, -0.05) is 62.6 Å². The Morgan fingerprint density at radius 3 is 2.00 bits per heavy atom. The molecule has 0 heterocycles. The number of rotatable bonds is 13. The van der Waals surface area contributed by atoms with E-state index in [9.17, 15) is 4.79 Å². The number of hydrogen-bond acceptors (Lipinski definition) is 1. The van der Waals surface area contributed by atoms with Gasteiger partial charge in [0.05, 0.1) is 0 Å². The first-order chi connectivity index (χ1) is 9.77. The van der Waals surface area contributed by atoms with Crippen LogP contribution in [0.3, 0.4) is 0 Å². The molecule has 0 aliphatic heterocycles. The summed E-state index contributed by atoms with van der Waals surface area (Å²) in [6.45, 7) is 2.15. The molecule has 0 aliphatic rings. The average molecular weight is 293 g/mol. The summed E-state index contributed by atoms with van der Waals surface area (Å²) in [6, 6.07) is 0. The predicted octanol–water partition coefficient (Wildman–Crippen LogP) is 6.30. The van der Waals surface area contributed by atoms with Gasteiger partial charge in [-0.3, -0.25) is 4.79 Å². The van der Waals surface area contributed by atoms with E-state index in [0.29, 0.717) is 6.42 Å².